The third kappa shape index (κ3) is 1.46. The molecule has 0 amide bonds. The molecule has 1 heterocycles. The zero-order valence-electron chi connectivity index (χ0n) is 7.82. The molecule has 0 bridgehead atoms. The van der Waals surface area contributed by atoms with Gasteiger partial charge in [0.15, 0.2) is 0 Å². The number of aromatic nitrogens is 1. The fraction of sp³-hybridized carbons (Fsp3) is 0.0909. The van der Waals surface area contributed by atoms with Crippen LogP contribution in [0.2, 0.25) is 0 Å². The number of hydrogen-bond acceptors (Lipinski definition) is 2. The number of pyridine rings is 1. The van der Waals surface area contributed by atoms with Gasteiger partial charge in [0.25, 0.3) is 0 Å². The molecule has 0 saturated carbocycles. The van der Waals surface area contributed by atoms with E-state index < -0.39 is 0 Å². The molecular weight excluding hydrogens is 192 g/mol. The molecule has 2 N–H and O–H groups in total. The highest BCUT2D eigenvalue weighted by Gasteiger charge is 2.04. The summed E-state index contributed by atoms with van der Waals surface area (Å²) in [5.74, 6) is 0. The maximum Gasteiger partial charge on any atom is 0.104 e. The minimum Gasteiger partial charge on any atom is -0.389 e. The van der Waals surface area contributed by atoms with Crippen LogP contribution in [0.1, 0.15) is 11.3 Å². The van der Waals surface area contributed by atoms with Crippen molar-refractivity contribution in [3.8, 4) is 0 Å². The Morgan fingerprint density at radius 2 is 2.07 bits per heavy atom. The lowest BCUT2D eigenvalue weighted by Gasteiger charge is -2.05. The topological polar surface area (TPSA) is 38.9 Å². The van der Waals surface area contributed by atoms with E-state index in [1.165, 1.54) is 0 Å². The Labute approximate surface area is 87.8 Å². The third-order valence-corrected chi connectivity index (χ3v) is 2.33. The van der Waals surface area contributed by atoms with Crippen molar-refractivity contribution in [2.45, 2.75) is 6.92 Å². The van der Waals surface area contributed by atoms with Crippen LogP contribution in [0.3, 0.4) is 0 Å². The maximum atomic E-state index is 5.65. The first kappa shape index (κ1) is 9.09. The van der Waals surface area contributed by atoms with Crippen LogP contribution in [-0.2, 0) is 0 Å². The zero-order valence-corrected chi connectivity index (χ0v) is 8.64. The zero-order chi connectivity index (χ0) is 10.1. The van der Waals surface area contributed by atoms with E-state index in [1.807, 2.05) is 37.3 Å². The van der Waals surface area contributed by atoms with Crippen LogP contribution in [0.5, 0.6) is 0 Å². The normalized spacial score (nSPS) is 10.4. The van der Waals surface area contributed by atoms with Crippen molar-refractivity contribution >= 4 is 28.1 Å². The summed E-state index contributed by atoms with van der Waals surface area (Å²) in [7, 11) is 0. The summed E-state index contributed by atoms with van der Waals surface area (Å²) in [5, 5.41) is 1.02. The number of hydrogen-bond donors (Lipinski definition) is 1. The van der Waals surface area contributed by atoms with Crippen molar-refractivity contribution in [3.63, 3.8) is 0 Å². The molecule has 0 fully saturated rings. The van der Waals surface area contributed by atoms with Crippen LogP contribution in [0.15, 0.2) is 30.3 Å². The summed E-state index contributed by atoms with van der Waals surface area (Å²) >= 11 is 5.00. The molecule has 1 aromatic heterocycles. The molecule has 2 rings (SSSR count). The second kappa shape index (κ2) is 3.35. The van der Waals surface area contributed by atoms with E-state index in [-0.39, 0.29) is 0 Å². The van der Waals surface area contributed by atoms with Crippen molar-refractivity contribution < 1.29 is 0 Å². The first-order chi connectivity index (χ1) is 6.68. The smallest absolute Gasteiger partial charge is 0.104 e. The van der Waals surface area contributed by atoms with Crippen molar-refractivity contribution in [3.05, 3.63) is 41.6 Å². The monoisotopic (exact) mass is 202 g/mol. The summed E-state index contributed by atoms with van der Waals surface area (Å²) in [6, 6.07) is 9.78. The van der Waals surface area contributed by atoms with Gasteiger partial charge in [0.1, 0.15) is 4.99 Å². The fourth-order valence-corrected chi connectivity index (χ4v) is 1.68. The average Bonchev–Trinajstić information content (AvgIpc) is 2.16. The molecule has 0 spiro atoms. The van der Waals surface area contributed by atoms with Crippen molar-refractivity contribution in [1.29, 1.82) is 0 Å². The molecule has 14 heavy (non-hydrogen) atoms. The van der Waals surface area contributed by atoms with Crippen LogP contribution in [0.4, 0.5) is 0 Å². The van der Waals surface area contributed by atoms with Gasteiger partial charge in [0.05, 0.1) is 5.52 Å². The molecule has 70 valence electrons. The number of aryl methyl sites for hydroxylation is 1. The van der Waals surface area contributed by atoms with E-state index in [9.17, 15) is 0 Å². The lowest BCUT2D eigenvalue weighted by molar-refractivity contribution is 1.25. The second-order valence-corrected chi connectivity index (χ2v) is 3.63. The number of thiocarbonyl (C=S) groups is 1. The molecule has 0 radical (unpaired) electrons. The van der Waals surface area contributed by atoms with Gasteiger partial charge in [-0.1, -0.05) is 30.4 Å². The van der Waals surface area contributed by atoms with E-state index in [0.29, 0.717) is 4.99 Å². The first-order valence-corrected chi connectivity index (χ1v) is 4.75. The quantitative estimate of drug-likeness (QED) is 0.720. The largest absolute Gasteiger partial charge is 0.389 e. The van der Waals surface area contributed by atoms with Gasteiger partial charge in [0, 0.05) is 16.6 Å². The number of fused-ring (bicyclic) bond motifs is 1. The molecule has 0 aliphatic heterocycles. The molecule has 0 aliphatic rings. The van der Waals surface area contributed by atoms with Crippen molar-refractivity contribution in [1.82, 2.24) is 4.98 Å². The first-order valence-electron chi connectivity index (χ1n) is 4.34. The Balaban J connectivity index is 2.87. The van der Waals surface area contributed by atoms with Gasteiger partial charge in [-0.3, -0.25) is 4.98 Å². The highest BCUT2D eigenvalue weighted by molar-refractivity contribution is 7.80. The van der Waals surface area contributed by atoms with Crippen molar-refractivity contribution in [2.24, 2.45) is 5.73 Å². The molecular formula is C11H10N2S. The maximum absolute atomic E-state index is 5.65. The van der Waals surface area contributed by atoms with Crippen molar-refractivity contribution in [2.75, 3.05) is 0 Å². The number of nitrogens with zero attached hydrogens (tertiary/aromatic N) is 1. The highest BCUT2D eigenvalue weighted by atomic mass is 32.1. The Kier molecular flexibility index (Phi) is 2.17. The van der Waals surface area contributed by atoms with Crippen LogP contribution in [0, 0.1) is 6.92 Å². The molecule has 2 aromatic rings. The third-order valence-electron chi connectivity index (χ3n) is 2.11. The van der Waals surface area contributed by atoms with Crippen LogP contribution in [-0.4, -0.2) is 9.97 Å². The Morgan fingerprint density at radius 3 is 2.79 bits per heavy atom. The predicted octanol–water partition coefficient (Wildman–Crippen LogP) is 2.18. The number of benzene rings is 1. The predicted molar refractivity (Wildman–Crippen MR) is 62.4 cm³/mol. The summed E-state index contributed by atoms with van der Waals surface area (Å²) in [6.45, 7) is 1.94. The minimum atomic E-state index is 0.423. The molecule has 0 unspecified atom stereocenters. The number of rotatable bonds is 1. The summed E-state index contributed by atoms with van der Waals surface area (Å²) in [6.07, 6.45) is 0. The van der Waals surface area contributed by atoms with Crippen LogP contribution >= 0.6 is 12.2 Å². The minimum absolute atomic E-state index is 0.423. The standard InChI is InChI=1S/C11H10N2S/c1-7-6-9(11(12)14)8-4-2-3-5-10(8)13-7/h2-6H,1H3,(H2,12,14). The van der Waals surface area contributed by atoms with Gasteiger partial charge in [-0.05, 0) is 19.1 Å². The van der Waals surface area contributed by atoms with Gasteiger partial charge < -0.3 is 5.73 Å². The number of nitrogens with two attached hydrogens (primary N) is 1. The lowest BCUT2D eigenvalue weighted by atomic mass is 10.1. The Hall–Kier alpha value is -1.48. The molecule has 1 aromatic carbocycles. The van der Waals surface area contributed by atoms with Gasteiger partial charge in [-0.25, -0.2) is 0 Å². The van der Waals surface area contributed by atoms with E-state index in [2.05, 4.69) is 4.98 Å². The molecule has 0 aliphatic carbocycles. The van der Waals surface area contributed by atoms with Gasteiger partial charge in [-0.2, -0.15) is 0 Å². The molecule has 2 nitrogen and oxygen atoms in total. The summed E-state index contributed by atoms with van der Waals surface area (Å²) < 4.78 is 0. The van der Waals surface area contributed by atoms with Gasteiger partial charge in [0.2, 0.25) is 0 Å². The molecule has 0 saturated heterocycles. The SMILES string of the molecule is Cc1cc(C(N)=S)c2ccccc2n1. The average molecular weight is 202 g/mol. The van der Waals surface area contributed by atoms with E-state index >= 15 is 0 Å². The van der Waals surface area contributed by atoms with E-state index in [0.717, 1.165) is 22.2 Å². The van der Waals surface area contributed by atoms with Gasteiger partial charge >= 0.3 is 0 Å². The summed E-state index contributed by atoms with van der Waals surface area (Å²) in [4.78, 5) is 4.83. The lowest BCUT2D eigenvalue weighted by Crippen LogP contribution is -2.10. The Bertz CT molecular complexity index is 506. The van der Waals surface area contributed by atoms with E-state index in [1.54, 1.807) is 0 Å². The summed E-state index contributed by atoms with van der Waals surface area (Å²) in [5.41, 5.74) is 8.43. The highest BCUT2D eigenvalue weighted by Crippen LogP contribution is 2.17. The Morgan fingerprint density at radius 1 is 1.36 bits per heavy atom. The molecule has 3 heteroatoms. The van der Waals surface area contributed by atoms with E-state index in [4.69, 9.17) is 18.0 Å². The fourth-order valence-electron chi connectivity index (χ4n) is 1.51. The molecule has 0 atom stereocenters. The number of para-hydroxylation sites is 1. The van der Waals surface area contributed by atoms with Crippen LogP contribution < -0.4 is 5.73 Å². The second-order valence-electron chi connectivity index (χ2n) is 3.19. The van der Waals surface area contributed by atoms with Crippen LogP contribution in [0.25, 0.3) is 10.9 Å². The van der Waals surface area contributed by atoms with Gasteiger partial charge in [-0.15, -0.1) is 0 Å².